The van der Waals surface area contributed by atoms with Crippen LogP contribution >= 0.6 is 23.2 Å². The molecule has 3 rings (SSSR count). The number of nitrogens with zero attached hydrogens (tertiary/aromatic N) is 4. The highest BCUT2D eigenvalue weighted by atomic mass is 35.5. The molecule has 0 saturated carbocycles. The minimum absolute atomic E-state index is 0.146. The molecule has 1 amide bonds. The van der Waals surface area contributed by atoms with Gasteiger partial charge in [-0.15, -0.1) is 0 Å². The van der Waals surface area contributed by atoms with Crippen LogP contribution in [-0.4, -0.2) is 33.6 Å². The van der Waals surface area contributed by atoms with Gasteiger partial charge in [-0.1, -0.05) is 23.2 Å². The summed E-state index contributed by atoms with van der Waals surface area (Å²) in [5, 5.41) is 19.8. The van der Waals surface area contributed by atoms with Crippen molar-refractivity contribution < 1.29 is 18.9 Å². The fourth-order valence-corrected chi connectivity index (χ4v) is 2.60. The molecule has 0 spiro atoms. The zero-order valence-corrected chi connectivity index (χ0v) is 16.3. The first-order chi connectivity index (χ1) is 13.9. The number of ether oxygens (including phenoxy) is 1. The maximum atomic E-state index is 11.4. The Bertz CT molecular complexity index is 1090. The first-order valence-electron chi connectivity index (χ1n) is 8.14. The van der Waals surface area contributed by atoms with Crippen LogP contribution in [0.1, 0.15) is 12.5 Å². The molecule has 1 aromatic carbocycles. The summed E-state index contributed by atoms with van der Waals surface area (Å²) in [5.74, 6) is -0.287. The van der Waals surface area contributed by atoms with Gasteiger partial charge in [-0.3, -0.25) is 10.1 Å². The van der Waals surface area contributed by atoms with Crippen molar-refractivity contribution in [3.8, 4) is 17.1 Å². The molecule has 0 aliphatic rings. The highest BCUT2D eigenvalue weighted by Gasteiger charge is 2.19. The first kappa shape index (κ1) is 20.4. The Kier molecular flexibility index (Phi) is 6.15. The topological polar surface area (TPSA) is 125 Å². The average molecular weight is 438 g/mol. The van der Waals surface area contributed by atoms with E-state index in [1.165, 1.54) is 23.0 Å². The van der Waals surface area contributed by atoms with Gasteiger partial charge in [-0.2, -0.15) is 10.2 Å². The minimum atomic E-state index is -0.726. The number of aromatic nitrogens is 2. The Morgan fingerprint density at radius 2 is 2.17 bits per heavy atom. The predicted octanol–water partition coefficient (Wildman–Crippen LogP) is 4.43. The van der Waals surface area contributed by atoms with Gasteiger partial charge in [0.05, 0.1) is 34.6 Å². The number of benzene rings is 1. The predicted molar refractivity (Wildman–Crippen MR) is 106 cm³/mol. The van der Waals surface area contributed by atoms with Gasteiger partial charge in [0, 0.05) is 11.8 Å². The lowest BCUT2D eigenvalue weighted by atomic mass is 10.2. The van der Waals surface area contributed by atoms with E-state index in [0.717, 1.165) is 0 Å². The quantitative estimate of drug-likeness (QED) is 0.345. The number of halogens is 2. The molecule has 0 bridgehead atoms. The van der Waals surface area contributed by atoms with Crippen molar-refractivity contribution in [3.05, 3.63) is 62.3 Å². The Morgan fingerprint density at radius 1 is 1.38 bits per heavy atom. The summed E-state index contributed by atoms with van der Waals surface area (Å²) in [6, 6.07) is 7.52. The summed E-state index contributed by atoms with van der Waals surface area (Å²) in [6.45, 7) is 1.85. The lowest BCUT2D eigenvalue weighted by Gasteiger charge is -2.02. The summed E-state index contributed by atoms with van der Waals surface area (Å²) in [7, 11) is 0. The van der Waals surface area contributed by atoms with Crippen LogP contribution in [0.15, 0.2) is 46.0 Å². The van der Waals surface area contributed by atoms with Gasteiger partial charge in [0.25, 0.3) is 0 Å². The van der Waals surface area contributed by atoms with E-state index in [1.54, 1.807) is 31.3 Å². The molecule has 0 unspecified atom stereocenters. The summed E-state index contributed by atoms with van der Waals surface area (Å²) >= 11 is 12.0. The van der Waals surface area contributed by atoms with E-state index in [4.69, 9.17) is 32.4 Å². The Morgan fingerprint density at radius 3 is 2.83 bits per heavy atom. The largest absolute Gasteiger partial charge is 0.449 e. The zero-order chi connectivity index (χ0) is 21.0. The molecule has 1 N–H and O–H groups in total. The van der Waals surface area contributed by atoms with E-state index in [9.17, 15) is 14.9 Å². The van der Waals surface area contributed by atoms with Crippen molar-refractivity contribution in [2.45, 2.75) is 6.92 Å². The van der Waals surface area contributed by atoms with Crippen LogP contribution in [0.4, 0.5) is 10.7 Å². The van der Waals surface area contributed by atoms with Crippen molar-refractivity contribution in [1.82, 2.24) is 15.2 Å². The third-order valence-corrected chi connectivity index (χ3v) is 4.29. The second kappa shape index (κ2) is 8.76. The number of furan rings is 1. The SMILES string of the molecule is CCOC(=O)N/N=C/c1cn(-c2ccc(Cl)c(Cl)c2)nc1-c1ccc([N+](=O)[O-])o1. The fourth-order valence-electron chi connectivity index (χ4n) is 2.30. The standard InChI is InChI=1S/C17H13Cl2N5O5/c1-2-28-17(25)21-20-8-10-9-23(11-3-4-12(18)13(19)7-11)22-16(10)14-5-6-15(29-14)24(26)27/h3-9H,2H2,1H3,(H,21,25)/b20-8+. The summed E-state index contributed by atoms with van der Waals surface area (Å²) < 4.78 is 11.4. The minimum Gasteiger partial charge on any atom is -0.449 e. The summed E-state index contributed by atoms with van der Waals surface area (Å²) in [4.78, 5) is 21.6. The molecule has 3 aromatic rings. The van der Waals surface area contributed by atoms with Crippen LogP contribution in [0, 0.1) is 10.1 Å². The van der Waals surface area contributed by atoms with Gasteiger partial charge in [0.2, 0.25) is 0 Å². The molecular formula is C17H13Cl2N5O5. The van der Waals surface area contributed by atoms with Crippen LogP contribution in [0.3, 0.4) is 0 Å². The van der Waals surface area contributed by atoms with Gasteiger partial charge >= 0.3 is 12.0 Å². The number of hydrazone groups is 1. The highest BCUT2D eigenvalue weighted by Crippen LogP contribution is 2.29. The molecule has 12 heteroatoms. The fraction of sp³-hybridized carbons (Fsp3) is 0.118. The van der Waals surface area contributed by atoms with Crippen molar-refractivity contribution in [2.75, 3.05) is 6.61 Å². The number of hydrogen-bond acceptors (Lipinski definition) is 7. The van der Waals surface area contributed by atoms with E-state index in [2.05, 4.69) is 15.6 Å². The maximum Gasteiger partial charge on any atom is 0.433 e. The molecule has 0 fully saturated rings. The second-order valence-corrected chi connectivity index (χ2v) is 6.28. The molecule has 0 aliphatic carbocycles. The number of nitro groups is 1. The highest BCUT2D eigenvalue weighted by molar-refractivity contribution is 6.42. The Labute approximate surface area is 173 Å². The molecule has 0 radical (unpaired) electrons. The van der Waals surface area contributed by atoms with Crippen molar-refractivity contribution >= 4 is 41.4 Å². The van der Waals surface area contributed by atoms with Gasteiger partial charge in [-0.05, 0) is 31.2 Å². The third kappa shape index (κ3) is 4.73. The van der Waals surface area contributed by atoms with Crippen LogP contribution in [0.25, 0.3) is 17.1 Å². The van der Waals surface area contributed by atoms with Crippen LogP contribution < -0.4 is 5.43 Å². The smallest absolute Gasteiger partial charge is 0.433 e. The molecule has 10 nitrogen and oxygen atoms in total. The van der Waals surface area contributed by atoms with E-state index < -0.39 is 16.9 Å². The number of carbonyl (C=O) groups excluding carboxylic acids is 1. The zero-order valence-electron chi connectivity index (χ0n) is 14.8. The van der Waals surface area contributed by atoms with E-state index >= 15 is 0 Å². The van der Waals surface area contributed by atoms with Gasteiger partial charge in [0.1, 0.15) is 10.6 Å². The number of hydrogen-bond donors (Lipinski definition) is 1. The maximum absolute atomic E-state index is 11.4. The average Bonchev–Trinajstić information content (AvgIpc) is 3.31. The molecule has 0 atom stereocenters. The second-order valence-electron chi connectivity index (χ2n) is 5.46. The molecule has 2 aromatic heterocycles. The lowest BCUT2D eigenvalue weighted by Crippen LogP contribution is -2.18. The van der Waals surface area contributed by atoms with Crippen LogP contribution in [0.2, 0.25) is 10.0 Å². The molecule has 150 valence electrons. The van der Waals surface area contributed by atoms with Crippen molar-refractivity contribution in [3.63, 3.8) is 0 Å². The Balaban J connectivity index is 2.00. The van der Waals surface area contributed by atoms with Crippen LogP contribution in [-0.2, 0) is 4.74 Å². The summed E-state index contributed by atoms with van der Waals surface area (Å²) in [5.41, 5.74) is 3.45. The number of rotatable bonds is 6. The molecular weight excluding hydrogens is 425 g/mol. The summed E-state index contributed by atoms with van der Waals surface area (Å²) in [6.07, 6.45) is 2.16. The third-order valence-electron chi connectivity index (χ3n) is 3.55. The monoisotopic (exact) mass is 437 g/mol. The molecule has 0 saturated heterocycles. The number of amides is 1. The van der Waals surface area contributed by atoms with Crippen molar-refractivity contribution in [2.24, 2.45) is 5.10 Å². The first-order valence-corrected chi connectivity index (χ1v) is 8.90. The van der Waals surface area contributed by atoms with Gasteiger partial charge in [0.15, 0.2) is 5.76 Å². The van der Waals surface area contributed by atoms with E-state index in [1.807, 2.05) is 0 Å². The van der Waals surface area contributed by atoms with E-state index in [-0.39, 0.29) is 18.1 Å². The van der Waals surface area contributed by atoms with Gasteiger partial charge in [-0.25, -0.2) is 14.9 Å². The number of nitrogens with one attached hydrogen (secondary N) is 1. The molecule has 29 heavy (non-hydrogen) atoms. The van der Waals surface area contributed by atoms with Crippen LogP contribution in [0.5, 0.6) is 0 Å². The van der Waals surface area contributed by atoms with E-state index in [0.29, 0.717) is 21.3 Å². The van der Waals surface area contributed by atoms with Crippen molar-refractivity contribution in [1.29, 1.82) is 0 Å². The van der Waals surface area contributed by atoms with Gasteiger partial charge < -0.3 is 9.15 Å². The normalized spacial score (nSPS) is 11.0. The Hall–Kier alpha value is -3.37. The molecule has 0 aliphatic heterocycles. The number of carbonyl (C=O) groups is 1. The lowest BCUT2D eigenvalue weighted by molar-refractivity contribution is -0.401. The molecule has 2 heterocycles.